The molecule has 0 aromatic heterocycles. The van der Waals surface area contributed by atoms with Crippen LogP contribution in [0.2, 0.25) is 0 Å². The molecule has 2 heteroatoms. The Kier molecular flexibility index (Phi) is 2.89. The second kappa shape index (κ2) is 4.70. The second-order valence-electron chi connectivity index (χ2n) is 4.53. The lowest BCUT2D eigenvalue weighted by molar-refractivity contribution is 0.171. The van der Waals surface area contributed by atoms with Gasteiger partial charge in [0.1, 0.15) is 13.2 Å². The van der Waals surface area contributed by atoms with E-state index in [0.29, 0.717) is 13.2 Å². The molecule has 94 valence electrons. The maximum atomic E-state index is 5.62. The largest absolute Gasteiger partial charge is 0.486 e. The van der Waals surface area contributed by atoms with E-state index in [1.165, 1.54) is 5.56 Å². The Bertz CT molecular complexity index is 665. The summed E-state index contributed by atoms with van der Waals surface area (Å²) >= 11 is 0. The van der Waals surface area contributed by atoms with E-state index in [1.54, 1.807) is 0 Å². The summed E-state index contributed by atoms with van der Waals surface area (Å²) in [6, 6.07) is 12.0. The maximum Gasteiger partial charge on any atom is 0.161 e. The first-order chi connectivity index (χ1) is 9.28. The number of benzene rings is 2. The van der Waals surface area contributed by atoms with Crippen molar-refractivity contribution < 1.29 is 9.47 Å². The average molecular weight is 250 g/mol. The standard InChI is InChI=1S/C17H14O2/c1-3-13-5-4-12(2)15(10-13)14-6-7-16-17(11-14)19-9-8-18-16/h1,4-7,10-11H,8-9H2,2H3. The Morgan fingerprint density at radius 1 is 1.00 bits per heavy atom. The van der Waals surface area contributed by atoms with Gasteiger partial charge in [-0.2, -0.15) is 0 Å². The topological polar surface area (TPSA) is 18.5 Å². The van der Waals surface area contributed by atoms with E-state index in [4.69, 9.17) is 15.9 Å². The first kappa shape index (κ1) is 11.7. The molecule has 2 nitrogen and oxygen atoms in total. The number of fused-ring (bicyclic) bond motifs is 1. The molecule has 0 saturated heterocycles. The van der Waals surface area contributed by atoms with Crippen LogP contribution in [-0.4, -0.2) is 13.2 Å². The summed E-state index contributed by atoms with van der Waals surface area (Å²) in [5.74, 6) is 4.28. The molecule has 0 N–H and O–H groups in total. The predicted octanol–water partition coefficient (Wildman–Crippen LogP) is 3.41. The molecule has 0 atom stereocenters. The highest BCUT2D eigenvalue weighted by atomic mass is 16.6. The lowest BCUT2D eigenvalue weighted by atomic mass is 9.98. The molecule has 0 saturated carbocycles. The fourth-order valence-electron chi connectivity index (χ4n) is 2.23. The van der Waals surface area contributed by atoms with Gasteiger partial charge in [0.2, 0.25) is 0 Å². The van der Waals surface area contributed by atoms with Crippen molar-refractivity contribution in [3.8, 4) is 35.0 Å². The molecule has 0 bridgehead atoms. The van der Waals surface area contributed by atoms with Gasteiger partial charge in [0, 0.05) is 5.56 Å². The average Bonchev–Trinajstić information content (AvgIpc) is 2.47. The molecule has 2 aromatic rings. The van der Waals surface area contributed by atoms with Gasteiger partial charge in [0.05, 0.1) is 0 Å². The Balaban J connectivity index is 2.09. The molecule has 1 aliphatic heterocycles. The monoisotopic (exact) mass is 250 g/mol. The first-order valence-corrected chi connectivity index (χ1v) is 6.25. The third-order valence-electron chi connectivity index (χ3n) is 3.26. The summed E-state index contributed by atoms with van der Waals surface area (Å²) in [4.78, 5) is 0. The van der Waals surface area contributed by atoms with Crippen LogP contribution in [0.25, 0.3) is 11.1 Å². The van der Waals surface area contributed by atoms with Crippen LogP contribution in [-0.2, 0) is 0 Å². The third kappa shape index (κ3) is 2.15. The van der Waals surface area contributed by atoms with Gasteiger partial charge in [-0.1, -0.05) is 18.1 Å². The number of hydrogen-bond acceptors (Lipinski definition) is 2. The van der Waals surface area contributed by atoms with Crippen LogP contribution in [0.15, 0.2) is 36.4 Å². The zero-order chi connectivity index (χ0) is 13.2. The van der Waals surface area contributed by atoms with E-state index in [-0.39, 0.29) is 0 Å². The molecular formula is C17H14O2. The number of rotatable bonds is 1. The van der Waals surface area contributed by atoms with Crippen LogP contribution in [0.1, 0.15) is 11.1 Å². The van der Waals surface area contributed by atoms with Crippen molar-refractivity contribution in [2.45, 2.75) is 6.92 Å². The fourth-order valence-corrected chi connectivity index (χ4v) is 2.23. The van der Waals surface area contributed by atoms with E-state index in [0.717, 1.165) is 28.2 Å². The van der Waals surface area contributed by atoms with Gasteiger partial charge in [-0.25, -0.2) is 0 Å². The maximum absolute atomic E-state index is 5.62. The van der Waals surface area contributed by atoms with Gasteiger partial charge < -0.3 is 9.47 Å². The second-order valence-corrected chi connectivity index (χ2v) is 4.53. The lowest BCUT2D eigenvalue weighted by Crippen LogP contribution is -2.15. The number of aryl methyl sites for hydroxylation is 1. The molecule has 0 radical (unpaired) electrons. The van der Waals surface area contributed by atoms with E-state index < -0.39 is 0 Å². The summed E-state index contributed by atoms with van der Waals surface area (Å²) in [5.41, 5.74) is 4.30. The molecule has 0 amide bonds. The Labute approximate surface area is 113 Å². The van der Waals surface area contributed by atoms with Gasteiger partial charge in [0.25, 0.3) is 0 Å². The van der Waals surface area contributed by atoms with Crippen molar-refractivity contribution in [2.75, 3.05) is 13.2 Å². The smallest absolute Gasteiger partial charge is 0.161 e. The minimum absolute atomic E-state index is 0.597. The molecule has 0 unspecified atom stereocenters. The predicted molar refractivity (Wildman–Crippen MR) is 75.5 cm³/mol. The van der Waals surface area contributed by atoms with Crippen LogP contribution in [0.3, 0.4) is 0 Å². The number of hydrogen-bond donors (Lipinski definition) is 0. The van der Waals surface area contributed by atoms with Gasteiger partial charge in [-0.3, -0.25) is 0 Å². The first-order valence-electron chi connectivity index (χ1n) is 6.25. The number of ether oxygens (including phenoxy) is 2. The van der Waals surface area contributed by atoms with Gasteiger partial charge in [-0.05, 0) is 47.9 Å². The molecule has 2 aromatic carbocycles. The van der Waals surface area contributed by atoms with E-state index in [1.807, 2.05) is 36.4 Å². The summed E-state index contributed by atoms with van der Waals surface area (Å²) < 4.78 is 11.1. The van der Waals surface area contributed by atoms with Crippen LogP contribution in [0.4, 0.5) is 0 Å². The molecule has 0 spiro atoms. The summed E-state index contributed by atoms with van der Waals surface area (Å²) in [7, 11) is 0. The summed E-state index contributed by atoms with van der Waals surface area (Å²) in [6.45, 7) is 3.28. The van der Waals surface area contributed by atoms with Gasteiger partial charge >= 0.3 is 0 Å². The Morgan fingerprint density at radius 3 is 2.58 bits per heavy atom. The molecule has 0 fully saturated rings. The zero-order valence-corrected chi connectivity index (χ0v) is 10.8. The lowest BCUT2D eigenvalue weighted by Gasteiger charge is -2.19. The van der Waals surface area contributed by atoms with Crippen molar-refractivity contribution in [3.05, 3.63) is 47.5 Å². The van der Waals surface area contributed by atoms with E-state index in [2.05, 4.69) is 12.8 Å². The van der Waals surface area contributed by atoms with E-state index in [9.17, 15) is 0 Å². The Morgan fingerprint density at radius 2 is 1.79 bits per heavy atom. The number of terminal acetylenes is 1. The van der Waals surface area contributed by atoms with Crippen LogP contribution in [0, 0.1) is 19.3 Å². The van der Waals surface area contributed by atoms with Gasteiger partial charge in [-0.15, -0.1) is 6.42 Å². The van der Waals surface area contributed by atoms with Crippen molar-refractivity contribution in [1.29, 1.82) is 0 Å². The molecule has 0 aliphatic carbocycles. The highest BCUT2D eigenvalue weighted by Crippen LogP contribution is 2.35. The molecule has 1 heterocycles. The van der Waals surface area contributed by atoms with Crippen LogP contribution >= 0.6 is 0 Å². The normalized spacial score (nSPS) is 12.8. The van der Waals surface area contributed by atoms with Crippen molar-refractivity contribution in [3.63, 3.8) is 0 Å². The van der Waals surface area contributed by atoms with Gasteiger partial charge in [0.15, 0.2) is 11.5 Å². The Hall–Kier alpha value is -2.40. The quantitative estimate of drug-likeness (QED) is 0.722. The molecule has 1 aliphatic rings. The zero-order valence-electron chi connectivity index (χ0n) is 10.8. The summed E-state index contributed by atoms with van der Waals surface area (Å²) in [6.07, 6.45) is 5.46. The van der Waals surface area contributed by atoms with Crippen molar-refractivity contribution in [2.24, 2.45) is 0 Å². The van der Waals surface area contributed by atoms with Crippen molar-refractivity contribution >= 4 is 0 Å². The van der Waals surface area contributed by atoms with Crippen LogP contribution < -0.4 is 9.47 Å². The molecule has 3 rings (SSSR count). The highest BCUT2D eigenvalue weighted by Gasteiger charge is 2.13. The van der Waals surface area contributed by atoms with Crippen LogP contribution in [0.5, 0.6) is 11.5 Å². The minimum Gasteiger partial charge on any atom is -0.486 e. The molecular weight excluding hydrogens is 236 g/mol. The van der Waals surface area contributed by atoms with Crippen molar-refractivity contribution in [1.82, 2.24) is 0 Å². The van der Waals surface area contributed by atoms with E-state index >= 15 is 0 Å². The highest BCUT2D eigenvalue weighted by molar-refractivity contribution is 5.71. The summed E-state index contributed by atoms with van der Waals surface area (Å²) in [5, 5.41) is 0. The molecule has 19 heavy (non-hydrogen) atoms. The minimum atomic E-state index is 0.597. The SMILES string of the molecule is C#Cc1ccc(C)c(-c2ccc3c(c2)OCCO3)c1. The fraction of sp³-hybridized carbons (Fsp3) is 0.176. The third-order valence-corrected chi connectivity index (χ3v) is 3.26.